The lowest BCUT2D eigenvalue weighted by Gasteiger charge is -2.07. The number of carbonyl (C=O) groups is 3. The predicted octanol–water partition coefficient (Wildman–Crippen LogP) is 0.977. The summed E-state index contributed by atoms with van der Waals surface area (Å²) in [5.74, 6) is -0.804. The van der Waals surface area contributed by atoms with Gasteiger partial charge < -0.3 is 9.73 Å². The van der Waals surface area contributed by atoms with E-state index in [-0.39, 0.29) is 18.2 Å². The van der Waals surface area contributed by atoms with Gasteiger partial charge in [0.15, 0.2) is 0 Å². The molecule has 1 heterocycles. The fourth-order valence-electron chi connectivity index (χ4n) is 1.72. The molecule has 0 unspecified atom stereocenters. The smallest absolute Gasteiger partial charge is 0.327 e. The molecule has 0 aliphatic rings. The highest BCUT2D eigenvalue weighted by Gasteiger charge is 2.14. The number of furan rings is 1. The summed E-state index contributed by atoms with van der Waals surface area (Å²) in [6.07, 6.45) is 1.47. The van der Waals surface area contributed by atoms with E-state index in [0.29, 0.717) is 11.5 Å². The van der Waals surface area contributed by atoms with Gasteiger partial charge in [0.05, 0.1) is 18.6 Å². The number of hydrogen-bond acceptors (Lipinski definition) is 5. The highest BCUT2D eigenvalue weighted by Crippen LogP contribution is 2.10. The normalized spacial score (nSPS) is 10.0. The van der Waals surface area contributed by atoms with E-state index in [1.165, 1.54) is 18.0 Å². The Morgan fingerprint density at radius 3 is 2.46 bits per heavy atom. The zero-order valence-corrected chi connectivity index (χ0v) is 13.6. The van der Waals surface area contributed by atoms with E-state index < -0.39 is 11.8 Å². The van der Waals surface area contributed by atoms with Crippen LogP contribution in [-0.2, 0) is 26.7 Å². The first-order valence-electron chi connectivity index (χ1n) is 7.16. The monoisotopic (exact) mass is 347 g/mol. The number of nitrogens with one attached hydrogen (secondary N) is 3. The number of rotatable bonds is 6. The number of hydrazine groups is 1. The summed E-state index contributed by atoms with van der Waals surface area (Å²) < 4.78 is 5.02. The van der Waals surface area contributed by atoms with Gasteiger partial charge in [-0.3, -0.25) is 25.2 Å². The van der Waals surface area contributed by atoms with Crippen LogP contribution in [0.15, 0.2) is 53.1 Å². The molecular formula is C16H17N3O4S. The maximum atomic E-state index is 11.6. The average Bonchev–Trinajstić information content (AvgIpc) is 3.12. The van der Waals surface area contributed by atoms with Crippen molar-refractivity contribution >= 4 is 29.5 Å². The van der Waals surface area contributed by atoms with Crippen molar-refractivity contribution in [3.63, 3.8) is 0 Å². The Hall–Kier alpha value is -2.74. The second kappa shape index (κ2) is 9.41. The van der Waals surface area contributed by atoms with Gasteiger partial charge in [0.2, 0.25) is 5.91 Å². The summed E-state index contributed by atoms with van der Waals surface area (Å²) in [7, 11) is 0. The molecule has 0 spiro atoms. The number of thioether (sulfide) groups is 1. The molecule has 1 aromatic carbocycles. The number of hydrogen-bond donors (Lipinski definition) is 3. The van der Waals surface area contributed by atoms with E-state index in [0.717, 1.165) is 5.56 Å². The summed E-state index contributed by atoms with van der Waals surface area (Å²) in [6.45, 7) is 0.0973. The summed E-state index contributed by atoms with van der Waals surface area (Å²) in [4.78, 5) is 34.7. The van der Waals surface area contributed by atoms with Crippen LogP contribution in [0, 0.1) is 0 Å². The van der Waals surface area contributed by atoms with Crippen LogP contribution in [0.25, 0.3) is 0 Å². The third-order valence-electron chi connectivity index (χ3n) is 2.87. The van der Waals surface area contributed by atoms with Crippen LogP contribution in [0.5, 0.6) is 0 Å². The van der Waals surface area contributed by atoms with Crippen molar-refractivity contribution in [2.45, 2.75) is 12.3 Å². The summed E-state index contributed by atoms with van der Waals surface area (Å²) >= 11 is 1.41. The zero-order valence-electron chi connectivity index (χ0n) is 12.8. The molecule has 0 atom stereocenters. The van der Waals surface area contributed by atoms with Crippen LogP contribution in [0.3, 0.4) is 0 Å². The molecule has 0 aliphatic carbocycles. The van der Waals surface area contributed by atoms with Crippen LogP contribution in [-0.4, -0.2) is 23.5 Å². The van der Waals surface area contributed by atoms with Gasteiger partial charge in [0.1, 0.15) is 5.76 Å². The first kappa shape index (κ1) is 17.6. The van der Waals surface area contributed by atoms with Gasteiger partial charge in [-0.15, -0.1) is 11.8 Å². The van der Waals surface area contributed by atoms with Crippen molar-refractivity contribution in [2.75, 3.05) is 5.75 Å². The summed E-state index contributed by atoms with van der Waals surface area (Å²) in [6, 6.07) is 13.1. The Morgan fingerprint density at radius 2 is 1.75 bits per heavy atom. The van der Waals surface area contributed by atoms with E-state index in [2.05, 4.69) is 16.2 Å². The highest BCUT2D eigenvalue weighted by molar-refractivity contribution is 7.99. The van der Waals surface area contributed by atoms with Gasteiger partial charge in [-0.05, 0) is 17.7 Å². The topological polar surface area (TPSA) is 100 Å². The van der Waals surface area contributed by atoms with E-state index in [1.807, 2.05) is 30.3 Å². The molecule has 2 aromatic rings. The van der Waals surface area contributed by atoms with Gasteiger partial charge in [-0.25, -0.2) is 0 Å². The molecule has 3 N–H and O–H groups in total. The molecule has 2 rings (SSSR count). The molecular weight excluding hydrogens is 330 g/mol. The van der Waals surface area contributed by atoms with Crippen molar-refractivity contribution in [1.82, 2.24) is 16.2 Å². The minimum absolute atomic E-state index is 0.0973. The first-order chi connectivity index (χ1) is 11.6. The lowest BCUT2D eigenvalue weighted by molar-refractivity contribution is -0.140. The number of benzene rings is 1. The fraction of sp³-hybridized carbons (Fsp3) is 0.188. The molecule has 0 aliphatic heterocycles. The maximum absolute atomic E-state index is 11.6. The second-order valence-electron chi connectivity index (χ2n) is 4.74. The van der Waals surface area contributed by atoms with Crippen molar-refractivity contribution in [1.29, 1.82) is 0 Å². The van der Waals surface area contributed by atoms with Gasteiger partial charge in [0, 0.05) is 5.75 Å². The quantitative estimate of drug-likeness (QED) is 0.534. The van der Waals surface area contributed by atoms with Crippen molar-refractivity contribution in [3.8, 4) is 0 Å². The fourth-order valence-corrected chi connectivity index (χ4v) is 2.50. The lowest BCUT2D eigenvalue weighted by atomic mass is 10.2. The Kier molecular flexibility index (Phi) is 6.91. The SMILES string of the molecule is O=C(CSCc1ccccc1)NNC(=O)C(=O)NCc1ccco1. The molecule has 1 aromatic heterocycles. The number of amides is 3. The van der Waals surface area contributed by atoms with Gasteiger partial charge in [0.25, 0.3) is 0 Å². The van der Waals surface area contributed by atoms with Crippen LogP contribution >= 0.6 is 11.8 Å². The Balaban J connectivity index is 1.60. The van der Waals surface area contributed by atoms with Crippen LogP contribution in [0.1, 0.15) is 11.3 Å². The predicted molar refractivity (Wildman–Crippen MR) is 89.4 cm³/mol. The minimum Gasteiger partial charge on any atom is -0.467 e. The third-order valence-corrected chi connectivity index (χ3v) is 3.87. The maximum Gasteiger partial charge on any atom is 0.327 e. The van der Waals surface area contributed by atoms with Gasteiger partial charge in [-0.2, -0.15) is 0 Å². The molecule has 126 valence electrons. The van der Waals surface area contributed by atoms with E-state index in [9.17, 15) is 14.4 Å². The number of carbonyl (C=O) groups excluding carboxylic acids is 3. The summed E-state index contributed by atoms with van der Waals surface area (Å²) in [5, 5.41) is 2.37. The Morgan fingerprint density at radius 1 is 0.958 bits per heavy atom. The summed E-state index contributed by atoms with van der Waals surface area (Å²) in [5.41, 5.74) is 5.37. The van der Waals surface area contributed by atoms with Gasteiger partial charge in [-0.1, -0.05) is 30.3 Å². The van der Waals surface area contributed by atoms with E-state index in [4.69, 9.17) is 4.42 Å². The molecule has 0 saturated carbocycles. The Bertz CT molecular complexity index is 674. The molecule has 24 heavy (non-hydrogen) atoms. The zero-order chi connectivity index (χ0) is 17.2. The molecule has 7 nitrogen and oxygen atoms in total. The van der Waals surface area contributed by atoms with E-state index in [1.54, 1.807) is 12.1 Å². The standard InChI is InChI=1S/C16H17N3O4S/c20-14(11-24-10-12-5-2-1-3-6-12)18-19-16(22)15(21)17-9-13-7-4-8-23-13/h1-8H,9-11H2,(H,17,21)(H,18,20)(H,19,22). The van der Waals surface area contributed by atoms with Crippen molar-refractivity contribution in [3.05, 3.63) is 60.1 Å². The molecule has 0 bridgehead atoms. The molecule has 8 heteroatoms. The van der Waals surface area contributed by atoms with Crippen molar-refractivity contribution < 1.29 is 18.8 Å². The molecule has 0 radical (unpaired) electrons. The molecule has 0 fully saturated rings. The van der Waals surface area contributed by atoms with Crippen LogP contribution in [0.2, 0.25) is 0 Å². The first-order valence-corrected chi connectivity index (χ1v) is 8.31. The lowest BCUT2D eigenvalue weighted by Crippen LogP contribution is -2.48. The average molecular weight is 347 g/mol. The highest BCUT2D eigenvalue weighted by atomic mass is 32.2. The second-order valence-corrected chi connectivity index (χ2v) is 5.73. The largest absolute Gasteiger partial charge is 0.467 e. The van der Waals surface area contributed by atoms with Crippen LogP contribution in [0.4, 0.5) is 0 Å². The van der Waals surface area contributed by atoms with Gasteiger partial charge >= 0.3 is 11.8 Å². The molecule has 3 amide bonds. The van der Waals surface area contributed by atoms with E-state index >= 15 is 0 Å². The van der Waals surface area contributed by atoms with Crippen LogP contribution < -0.4 is 16.2 Å². The molecule has 0 saturated heterocycles. The van der Waals surface area contributed by atoms with Crippen molar-refractivity contribution in [2.24, 2.45) is 0 Å². The Labute approximate surface area is 143 Å². The minimum atomic E-state index is -0.942. The third kappa shape index (κ3) is 6.17.